The van der Waals surface area contributed by atoms with Crippen LogP contribution in [0.1, 0.15) is 40.4 Å². The molecule has 3 aromatic carbocycles. The number of halogens is 1. The zero-order chi connectivity index (χ0) is 23.4. The van der Waals surface area contributed by atoms with E-state index in [1.165, 1.54) is 28.8 Å². The summed E-state index contributed by atoms with van der Waals surface area (Å²) < 4.78 is 20.0. The van der Waals surface area contributed by atoms with Gasteiger partial charge in [0, 0.05) is 45.0 Å². The number of hydrogen-bond donors (Lipinski definition) is 2. The summed E-state index contributed by atoms with van der Waals surface area (Å²) in [5, 5.41) is 15.4. The Hall–Kier alpha value is -3.13. The molecule has 7 heteroatoms. The fourth-order valence-electron chi connectivity index (χ4n) is 5.08. The molecule has 172 valence electrons. The number of aliphatic hydroxyl groups is 1. The Morgan fingerprint density at radius 3 is 2.79 bits per heavy atom. The van der Waals surface area contributed by atoms with E-state index in [0.29, 0.717) is 11.1 Å². The first-order valence-electron chi connectivity index (χ1n) is 11.3. The molecule has 2 atom stereocenters. The zero-order valence-electron chi connectivity index (χ0n) is 18.5. The van der Waals surface area contributed by atoms with Gasteiger partial charge in [-0.25, -0.2) is 4.39 Å². The zero-order valence-corrected chi connectivity index (χ0v) is 19.4. The lowest BCUT2D eigenvalue weighted by atomic mass is 9.88. The van der Waals surface area contributed by atoms with E-state index in [1.54, 1.807) is 18.2 Å². The number of amides is 1. The third kappa shape index (κ3) is 3.43. The summed E-state index contributed by atoms with van der Waals surface area (Å²) in [6.45, 7) is 3.03. The number of nitrogens with zero attached hydrogens (tertiary/aromatic N) is 1. The standard InChI is InChI=1S/C27H23FN2O3S/c1-27(15-30-25(31)21-7-2-3-8-22(21)26(30)32)24-20(11-12-29-27)19-10-9-18(14-23(19)33-24)34-17-6-4-5-16(28)13-17/h2-10,13-14,25,29,31H,11-12,15H2,1H3. The van der Waals surface area contributed by atoms with Crippen molar-refractivity contribution in [2.24, 2.45) is 0 Å². The number of fused-ring (bicyclic) bond motifs is 4. The van der Waals surface area contributed by atoms with Gasteiger partial charge < -0.3 is 19.7 Å². The molecule has 0 saturated heterocycles. The van der Waals surface area contributed by atoms with Crippen LogP contribution in [-0.4, -0.2) is 29.0 Å². The molecule has 0 spiro atoms. The first kappa shape index (κ1) is 21.4. The Bertz CT molecular complexity index is 1430. The molecule has 0 aliphatic carbocycles. The molecule has 0 fully saturated rings. The van der Waals surface area contributed by atoms with Crippen molar-refractivity contribution >= 4 is 28.6 Å². The molecule has 0 saturated carbocycles. The van der Waals surface area contributed by atoms with E-state index in [0.717, 1.165) is 45.0 Å². The second-order valence-corrected chi connectivity index (χ2v) is 10.2. The van der Waals surface area contributed by atoms with Crippen molar-refractivity contribution in [1.29, 1.82) is 0 Å². The lowest BCUT2D eigenvalue weighted by Crippen LogP contribution is -2.52. The van der Waals surface area contributed by atoms with Gasteiger partial charge >= 0.3 is 0 Å². The van der Waals surface area contributed by atoms with Crippen molar-refractivity contribution in [3.8, 4) is 0 Å². The number of hydrogen-bond acceptors (Lipinski definition) is 5. The van der Waals surface area contributed by atoms with E-state index in [1.807, 2.05) is 37.3 Å². The summed E-state index contributed by atoms with van der Waals surface area (Å²) in [7, 11) is 0. The largest absolute Gasteiger partial charge is 0.459 e. The maximum atomic E-state index is 13.6. The minimum absolute atomic E-state index is 0.178. The highest BCUT2D eigenvalue weighted by Gasteiger charge is 2.44. The van der Waals surface area contributed by atoms with Gasteiger partial charge in [-0.15, -0.1) is 0 Å². The predicted molar refractivity (Wildman–Crippen MR) is 128 cm³/mol. The van der Waals surface area contributed by atoms with Crippen LogP contribution in [0.3, 0.4) is 0 Å². The van der Waals surface area contributed by atoms with Gasteiger partial charge in [-0.05, 0) is 55.8 Å². The van der Waals surface area contributed by atoms with E-state index >= 15 is 0 Å². The summed E-state index contributed by atoms with van der Waals surface area (Å²) in [5.74, 6) is 0.350. The normalized spacial score (nSPS) is 21.7. The fourth-order valence-corrected chi connectivity index (χ4v) is 5.97. The van der Waals surface area contributed by atoms with Crippen molar-refractivity contribution in [2.75, 3.05) is 13.1 Å². The van der Waals surface area contributed by atoms with Crippen molar-refractivity contribution in [1.82, 2.24) is 10.2 Å². The van der Waals surface area contributed by atoms with Gasteiger partial charge in [0.1, 0.15) is 17.2 Å². The van der Waals surface area contributed by atoms with Gasteiger partial charge in [-0.1, -0.05) is 36.0 Å². The molecule has 2 aliphatic heterocycles. The Balaban J connectivity index is 1.33. The highest BCUT2D eigenvalue weighted by molar-refractivity contribution is 7.99. The number of aliphatic hydroxyl groups excluding tert-OH is 1. The number of carbonyl (C=O) groups excluding carboxylic acids is 1. The molecular weight excluding hydrogens is 451 g/mol. The molecule has 2 unspecified atom stereocenters. The Kier molecular flexibility index (Phi) is 5.02. The van der Waals surface area contributed by atoms with Crippen LogP contribution in [0.25, 0.3) is 11.0 Å². The van der Waals surface area contributed by atoms with Crippen molar-refractivity contribution in [3.63, 3.8) is 0 Å². The van der Waals surface area contributed by atoms with Crippen LogP contribution in [0.15, 0.2) is 80.9 Å². The minimum atomic E-state index is -0.980. The van der Waals surface area contributed by atoms with E-state index in [2.05, 4.69) is 11.4 Å². The summed E-state index contributed by atoms with van der Waals surface area (Å²) in [5.41, 5.74) is 2.41. The third-order valence-corrected chi connectivity index (χ3v) is 7.68. The van der Waals surface area contributed by atoms with Crippen molar-refractivity contribution in [3.05, 3.63) is 95.0 Å². The summed E-state index contributed by atoms with van der Waals surface area (Å²) in [6.07, 6.45) is -0.170. The topological polar surface area (TPSA) is 65.7 Å². The minimum Gasteiger partial charge on any atom is -0.459 e. The number of rotatable bonds is 4. The summed E-state index contributed by atoms with van der Waals surface area (Å²) in [6, 6.07) is 19.8. The van der Waals surface area contributed by atoms with E-state index < -0.39 is 11.8 Å². The predicted octanol–water partition coefficient (Wildman–Crippen LogP) is 5.23. The molecule has 1 amide bonds. The fraction of sp³-hybridized carbons (Fsp3) is 0.222. The van der Waals surface area contributed by atoms with Crippen LogP contribution in [0.4, 0.5) is 4.39 Å². The van der Waals surface area contributed by atoms with Crippen LogP contribution in [0.5, 0.6) is 0 Å². The van der Waals surface area contributed by atoms with Gasteiger partial charge in [0.05, 0.1) is 5.54 Å². The Morgan fingerprint density at radius 2 is 1.97 bits per heavy atom. The van der Waals surface area contributed by atoms with Gasteiger partial charge in [0.2, 0.25) is 0 Å². The number of benzene rings is 3. The first-order chi connectivity index (χ1) is 16.4. The van der Waals surface area contributed by atoms with E-state index in [-0.39, 0.29) is 18.3 Å². The Morgan fingerprint density at radius 1 is 1.15 bits per heavy atom. The molecule has 5 nitrogen and oxygen atoms in total. The average Bonchev–Trinajstić information content (AvgIpc) is 3.31. The smallest absolute Gasteiger partial charge is 0.256 e. The molecule has 2 aliphatic rings. The van der Waals surface area contributed by atoms with Crippen molar-refractivity contribution < 1.29 is 18.7 Å². The second kappa shape index (κ2) is 7.98. The molecule has 3 heterocycles. The van der Waals surface area contributed by atoms with Crippen LogP contribution >= 0.6 is 11.8 Å². The highest BCUT2D eigenvalue weighted by atomic mass is 32.2. The molecule has 1 aromatic heterocycles. The highest BCUT2D eigenvalue weighted by Crippen LogP contribution is 2.41. The van der Waals surface area contributed by atoms with E-state index in [4.69, 9.17) is 4.42 Å². The lowest BCUT2D eigenvalue weighted by molar-refractivity contribution is 0.00237. The molecule has 2 N–H and O–H groups in total. The third-order valence-electron chi connectivity index (χ3n) is 6.70. The molecule has 6 rings (SSSR count). The Labute approximate surface area is 200 Å². The van der Waals surface area contributed by atoms with Crippen LogP contribution in [0.2, 0.25) is 0 Å². The monoisotopic (exact) mass is 474 g/mol. The second-order valence-electron chi connectivity index (χ2n) is 9.03. The SMILES string of the molecule is CC1(CN2C(=O)c3ccccc3C2O)NCCc2c1oc1cc(Sc3cccc(F)c3)ccc21. The number of nitrogens with one attached hydrogen (secondary N) is 1. The summed E-state index contributed by atoms with van der Waals surface area (Å²) >= 11 is 1.48. The van der Waals surface area contributed by atoms with Crippen LogP contribution in [-0.2, 0) is 12.0 Å². The number of carbonyl (C=O) groups is 1. The lowest BCUT2D eigenvalue weighted by Gasteiger charge is -2.37. The molecule has 4 aromatic rings. The van der Waals surface area contributed by atoms with E-state index in [9.17, 15) is 14.3 Å². The number of furan rings is 1. The van der Waals surface area contributed by atoms with Gasteiger partial charge in [-0.2, -0.15) is 0 Å². The van der Waals surface area contributed by atoms with Gasteiger partial charge in [0.25, 0.3) is 5.91 Å². The van der Waals surface area contributed by atoms with Gasteiger partial charge in [0.15, 0.2) is 6.23 Å². The maximum Gasteiger partial charge on any atom is 0.256 e. The van der Waals surface area contributed by atoms with Crippen LogP contribution < -0.4 is 5.32 Å². The molecule has 0 radical (unpaired) electrons. The average molecular weight is 475 g/mol. The van der Waals surface area contributed by atoms with Crippen molar-refractivity contribution in [2.45, 2.75) is 34.9 Å². The molecule has 34 heavy (non-hydrogen) atoms. The molecule has 0 bridgehead atoms. The first-order valence-corrected chi connectivity index (χ1v) is 12.1. The quantitative estimate of drug-likeness (QED) is 0.424. The van der Waals surface area contributed by atoms with Crippen LogP contribution in [0, 0.1) is 5.82 Å². The van der Waals surface area contributed by atoms with Gasteiger partial charge in [-0.3, -0.25) is 4.79 Å². The molecular formula is C27H23FN2O3S. The maximum absolute atomic E-state index is 13.6. The summed E-state index contributed by atoms with van der Waals surface area (Å²) in [4.78, 5) is 16.3.